The zero-order valence-electron chi connectivity index (χ0n) is 11.1. The van der Waals surface area contributed by atoms with Gasteiger partial charge in [-0.1, -0.05) is 21.1 Å². The van der Waals surface area contributed by atoms with E-state index in [1.54, 1.807) is 18.9 Å². The van der Waals surface area contributed by atoms with Crippen LogP contribution in [0.15, 0.2) is 38.2 Å². The first-order valence-electron chi connectivity index (χ1n) is 6.17. The Morgan fingerprint density at radius 2 is 2.15 bits per heavy atom. The molecule has 5 nitrogen and oxygen atoms in total. The lowest BCUT2D eigenvalue weighted by atomic mass is 10.4. The second-order valence-electron chi connectivity index (χ2n) is 4.02. The molecule has 1 N–H and O–H groups in total. The Bertz CT molecular complexity index is 519. The van der Waals surface area contributed by atoms with E-state index in [1.807, 2.05) is 12.1 Å². The number of benzene rings is 1. The van der Waals surface area contributed by atoms with Gasteiger partial charge in [0.15, 0.2) is 5.82 Å². The Balaban J connectivity index is 1.76. The van der Waals surface area contributed by atoms with Crippen LogP contribution in [-0.2, 0) is 17.0 Å². The molecule has 0 aliphatic carbocycles. The molecule has 108 valence electrons. The lowest BCUT2D eigenvalue weighted by Crippen LogP contribution is -2.18. The fourth-order valence-corrected chi connectivity index (χ4v) is 2.47. The van der Waals surface area contributed by atoms with E-state index in [4.69, 9.17) is 9.26 Å². The molecule has 7 heteroatoms. The highest BCUT2D eigenvalue weighted by atomic mass is 79.9. The topological polar surface area (TPSA) is 60.2 Å². The lowest BCUT2D eigenvalue weighted by molar-refractivity contribution is 0.197. The fraction of sp³-hybridized carbons (Fsp3) is 0.385. The van der Waals surface area contributed by atoms with Crippen molar-refractivity contribution >= 4 is 27.7 Å². The molecule has 0 radical (unpaired) electrons. The van der Waals surface area contributed by atoms with Crippen molar-refractivity contribution < 1.29 is 9.26 Å². The summed E-state index contributed by atoms with van der Waals surface area (Å²) in [5.74, 6) is 2.01. The van der Waals surface area contributed by atoms with E-state index in [-0.39, 0.29) is 0 Å². The van der Waals surface area contributed by atoms with Crippen molar-refractivity contribution in [3.8, 4) is 0 Å². The minimum absolute atomic E-state index is 0.569. The van der Waals surface area contributed by atoms with Gasteiger partial charge in [0.1, 0.15) is 0 Å². The van der Waals surface area contributed by atoms with Crippen LogP contribution in [0.1, 0.15) is 11.7 Å². The zero-order valence-corrected chi connectivity index (χ0v) is 13.5. The monoisotopic (exact) mass is 357 g/mol. The summed E-state index contributed by atoms with van der Waals surface area (Å²) < 4.78 is 11.2. The van der Waals surface area contributed by atoms with Gasteiger partial charge in [-0.05, 0) is 24.3 Å². The highest BCUT2D eigenvalue weighted by Crippen LogP contribution is 2.23. The Morgan fingerprint density at radius 1 is 1.35 bits per heavy atom. The molecule has 1 heterocycles. The van der Waals surface area contributed by atoms with Crippen LogP contribution >= 0.6 is 27.7 Å². The molecule has 0 amide bonds. The molecule has 0 spiro atoms. The van der Waals surface area contributed by atoms with Crippen molar-refractivity contribution in [2.75, 3.05) is 20.3 Å². The SMILES string of the molecule is COCCNCc1nc(CSc2ccc(Br)cc2)no1. The molecule has 2 aromatic rings. The van der Waals surface area contributed by atoms with Crippen molar-refractivity contribution in [3.05, 3.63) is 40.5 Å². The molecule has 0 aliphatic heterocycles. The third kappa shape index (κ3) is 5.24. The minimum Gasteiger partial charge on any atom is -0.383 e. The molecule has 1 aromatic carbocycles. The second-order valence-corrected chi connectivity index (χ2v) is 5.98. The molecule has 0 saturated heterocycles. The highest BCUT2D eigenvalue weighted by Gasteiger charge is 2.06. The minimum atomic E-state index is 0.569. The first-order valence-corrected chi connectivity index (χ1v) is 7.95. The first-order chi connectivity index (χ1) is 9.78. The molecule has 0 fully saturated rings. The van der Waals surface area contributed by atoms with E-state index in [2.05, 4.69) is 43.5 Å². The largest absolute Gasteiger partial charge is 0.383 e. The lowest BCUT2D eigenvalue weighted by Gasteiger charge is -1.99. The van der Waals surface area contributed by atoms with Gasteiger partial charge in [-0.15, -0.1) is 11.8 Å². The standard InChI is InChI=1S/C13H16BrN3O2S/c1-18-7-6-15-8-13-16-12(17-19-13)9-20-11-4-2-10(14)3-5-11/h2-5,15H,6-9H2,1H3. The zero-order chi connectivity index (χ0) is 14.2. The number of hydrogen-bond donors (Lipinski definition) is 1. The van der Waals surface area contributed by atoms with Crippen LogP contribution in [0.5, 0.6) is 0 Å². The van der Waals surface area contributed by atoms with Crippen LogP contribution in [0.4, 0.5) is 0 Å². The van der Waals surface area contributed by atoms with E-state index in [0.29, 0.717) is 30.6 Å². The summed E-state index contributed by atoms with van der Waals surface area (Å²) in [6.07, 6.45) is 0. The number of ether oxygens (including phenoxy) is 1. The third-order valence-electron chi connectivity index (χ3n) is 2.45. The summed E-state index contributed by atoms with van der Waals surface area (Å²) in [6, 6.07) is 8.15. The summed E-state index contributed by atoms with van der Waals surface area (Å²) in [6.45, 7) is 2.00. The maximum Gasteiger partial charge on any atom is 0.240 e. The Kier molecular flexibility index (Phi) is 6.52. The van der Waals surface area contributed by atoms with Gasteiger partial charge >= 0.3 is 0 Å². The third-order valence-corrected chi connectivity index (χ3v) is 3.99. The summed E-state index contributed by atoms with van der Waals surface area (Å²) in [5, 5.41) is 7.12. The van der Waals surface area contributed by atoms with Crippen molar-refractivity contribution in [1.29, 1.82) is 0 Å². The maximum absolute atomic E-state index is 5.17. The van der Waals surface area contributed by atoms with Gasteiger partial charge in [0.2, 0.25) is 5.89 Å². The number of nitrogens with one attached hydrogen (secondary N) is 1. The Hall–Kier alpha value is -0.890. The second kappa shape index (κ2) is 8.41. The van der Waals surface area contributed by atoms with Crippen LogP contribution < -0.4 is 5.32 Å². The molecule has 0 bridgehead atoms. The van der Waals surface area contributed by atoms with Gasteiger partial charge < -0.3 is 14.6 Å². The summed E-state index contributed by atoms with van der Waals surface area (Å²) >= 11 is 5.10. The van der Waals surface area contributed by atoms with E-state index >= 15 is 0 Å². The van der Waals surface area contributed by atoms with Gasteiger partial charge in [-0.2, -0.15) is 4.98 Å². The molecule has 0 aliphatic rings. The number of hydrogen-bond acceptors (Lipinski definition) is 6. The van der Waals surface area contributed by atoms with E-state index < -0.39 is 0 Å². The number of nitrogens with zero attached hydrogens (tertiary/aromatic N) is 2. The van der Waals surface area contributed by atoms with Crippen LogP contribution in [0.3, 0.4) is 0 Å². The van der Waals surface area contributed by atoms with Gasteiger partial charge in [0.25, 0.3) is 0 Å². The van der Waals surface area contributed by atoms with Crippen LogP contribution in [0.25, 0.3) is 0 Å². The number of thioether (sulfide) groups is 1. The highest BCUT2D eigenvalue weighted by molar-refractivity contribution is 9.10. The van der Waals surface area contributed by atoms with Crippen molar-refractivity contribution in [2.24, 2.45) is 0 Å². The van der Waals surface area contributed by atoms with Gasteiger partial charge in [0, 0.05) is 23.0 Å². The molecule has 0 unspecified atom stereocenters. The van der Waals surface area contributed by atoms with Crippen molar-refractivity contribution in [2.45, 2.75) is 17.2 Å². The Labute approximate surface area is 130 Å². The molecule has 0 atom stereocenters. The van der Waals surface area contributed by atoms with E-state index in [0.717, 1.165) is 11.0 Å². The predicted octanol–water partition coefficient (Wildman–Crippen LogP) is 2.86. The van der Waals surface area contributed by atoms with Gasteiger partial charge in [-0.3, -0.25) is 0 Å². The normalized spacial score (nSPS) is 10.9. The van der Waals surface area contributed by atoms with Crippen molar-refractivity contribution in [3.63, 3.8) is 0 Å². The number of methoxy groups -OCH3 is 1. The smallest absolute Gasteiger partial charge is 0.240 e. The van der Waals surface area contributed by atoms with Gasteiger partial charge in [-0.25, -0.2) is 0 Å². The number of halogens is 1. The quantitative estimate of drug-likeness (QED) is 0.578. The van der Waals surface area contributed by atoms with Gasteiger partial charge in [0.05, 0.1) is 18.9 Å². The molecular weight excluding hydrogens is 342 g/mol. The first kappa shape index (κ1) is 15.5. The fourth-order valence-electron chi connectivity index (χ4n) is 1.47. The van der Waals surface area contributed by atoms with E-state index in [9.17, 15) is 0 Å². The Morgan fingerprint density at radius 3 is 2.90 bits per heavy atom. The van der Waals surface area contributed by atoms with E-state index in [1.165, 1.54) is 4.90 Å². The number of aromatic nitrogens is 2. The molecular formula is C13H16BrN3O2S. The molecule has 20 heavy (non-hydrogen) atoms. The van der Waals surface area contributed by atoms with Crippen molar-refractivity contribution in [1.82, 2.24) is 15.5 Å². The number of rotatable bonds is 8. The summed E-state index contributed by atoms with van der Waals surface area (Å²) in [5.41, 5.74) is 0. The summed E-state index contributed by atoms with van der Waals surface area (Å²) in [4.78, 5) is 5.51. The summed E-state index contributed by atoms with van der Waals surface area (Å²) in [7, 11) is 1.67. The molecule has 0 saturated carbocycles. The molecule has 1 aromatic heterocycles. The van der Waals surface area contributed by atoms with Crippen LogP contribution in [-0.4, -0.2) is 30.4 Å². The average Bonchev–Trinajstić information content (AvgIpc) is 2.91. The van der Waals surface area contributed by atoms with Crippen LogP contribution in [0.2, 0.25) is 0 Å². The maximum atomic E-state index is 5.17. The van der Waals surface area contributed by atoms with Crippen LogP contribution in [0, 0.1) is 0 Å². The molecule has 2 rings (SSSR count). The predicted molar refractivity (Wildman–Crippen MR) is 81.6 cm³/mol. The average molecular weight is 358 g/mol.